The highest BCUT2D eigenvalue weighted by atomic mass is 16.5. The molecule has 0 aliphatic heterocycles. The predicted octanol–water partition coefficient (Wildman–Crippen LogP) is 5.32. The van der Waals surface area contributed by atoms with Gasteiger partial charge < -0.3 is 18.9 Å². The number of rotatable bonds is 11. The highest BCUT2D eigenvalue weighted by molar-refractivity contribution is 5.84. The first-order chi connectivity index (χ1) is 15.8. The lowest BCUT2D eigenvalue weighted by Crippen LogP contribution is -2.37. The third-order valence-corrected chi connectivity index (χ3v) is 6.38. The molecule has 1 aromatic heterocycles. The highest BCUT2D eigenvalue weighted by Gasteiger charge is 2.30. The van der Waals surface area contributed by atoms with Crippen molar-refractivity contribution in [3.8, 4) is 5.75 Å². The molecule has 2 atom stereocenters. The zero-order valence-electron chi connectivity index (χ0n) is 20.7. The van der Waals surface area contributed by atoms with Gasteiger partial charge in [0, 0.05) is 18.4 Å². The number of methoxy groups -OCH3 is 1. The van der Waals surface area contributed by atoms with Crippen molar-refractivity contribution in [2.24, 2.45) is 5.41 Å². The lowest BCUT2D eigenvalue weighted by atomic mass is 9.95. The molecule has 0 fully saturated rings. The lowest BCUT2D eigenvalue weighted by molar-refractivity contribution is -0.152. The molecule has 0 aliphatic carbocycles. The van der Waals surface area contributed by atoms with E-state index >= 15 is 0 Å². The minimum absolute atomic E-state index is 0.163. The van der Waals surface area contributed by atoms with E-state index in [2.05, 4.69) is 59.6 Å². The van der Waals surface area contributed by atoms with E-state index in [1.54, 1.807) is 0 Å². The number of aromatic nitrogens is 2. The Hall–Kier alpha value is -2.86. The molecule has 6 heteroatoms. The van der Waals surface area contributed by atoms with Crippen LogP contribution in [0.5, 0.6) is 5.75 Å². The van der Waals surface area contributed by atoms with Crippen LogP contribution in [0.25, 0.3) is 10.8 Å². The standard InChI is InChI=1S/C27H37N3O3/c1-7-8-14-29(5)20(2)25(30-15-13-28-19-30)23-10-9-22-17-24(12-11-21(22)16-23)33-18-27(3,4)26(31)32-6/h9-13,15-17,19-20,25H,7-8,14,18H2,1-6H3. The molecule has 0 radical (unpaired) electrons. The number of carbonyl (C=O) groups is 1. The minimum atomic E-state index is -0.703. The third kappa shape index (κ3) is 5.93. The first-order valence-electron chi connectivity index (χ1n) is 11.7. The fourth-order valence-electron chi connectivity index (χ4n) is 4.10. The highest BCUT2D eigenvalue weighted by Crippen LogP contribution is 2.30. The van der Waals surface area contributed by atoms with E-state index in [1.165, 1.54) is 25.5 Å². The molecule has 3 aromatic rings. The number of benzene rings is 2. The Kier molecular flexibility index (Phi) is 8.14. The number of unbranched alkanes of at least 4 members (excludes halogenated alkanes) is 1. The van der Waals surface area contributed by atoms with Crippen LogP contribution in [0.3, 0.4) is 0 Å². The number of esters is 1. The summed E-state index contributed by atoms with van der Waals surface area (Å²) in [5.74, 6) is 0.461. The van der Waals surface area contributed by atoms with E-state index in [-0.39, 0.29) is 18.6 Å². The van der Waals surface area contributed by atoms with Gasteiger partial charge in [0.25, 0.3) is 0 Å². The first-order valence-corrected chi connectivity index (χ1v) is 11.7. The third-order valence-electron chi connectivity index (χ3n) is 6.38. The normalized spacial score (nSPS) is 13.8. The molecule has 33 heavy (non-hydrogen) atoms. The van der Waals surface area contributed by atoms with E-state index in [9.17, 15) is 4.79 Å². The van der Waals surface area contributed by atoms with Gasteiger partial charge in [0.2, 0.25) is 0 Å². The van der Waals surface area contributed by atoms with Gasteiger partial charge in [-0.15, -0.1) is 0 Å². The Morgan fingerprint density at radius 2 is 1.91 bits per heavy atom. The number of likely N-dealkylation sites (N-methyl/N-ethyl adjacent to an activating group) is 1. The number of carbonyl (C=O) groups excluding carboxylic acids is 1. The van der Waals surface area contributed by atoms with Crippen molar-refractivity contribution in [2.75, 3.05) is 27.3 Å². The van der Waals surface area contributed by atoms with Crippen molar-refractivity contribution >= 4 is 16.7 Å². The van der Waals surface area contributed by atoms with Gasteiger partial charge in [-0.1, -0.05) is 31.5 Å². The zero-order valence-corrected chi connectivity index (χ0v) is 20.7. The largest absolute Gasteiger partial charge is 0.492 e. The Labute approximate surface area is 197 Å². The summed E-state index contributed by atoms with van der Waals surface area (Å²) in [7, 11) is 3.60. The molecule has 0 saturated carbocycles. The van der Waals surface area contributed by atoms with Gasteiger partial charge in [-0.05, 0) is 75.3 Å². The second-order valence-electron chi connectivity index (χ2n) is 9.46. The fraction of sp³-hybridized carbons (Fsp3) is 0.481. The summed E-state index contributed by atoms with van der Waals surface area (Å²) in [5, 5.41) is 2.25. The maximum absolute atomic E-state index is 11.9. The summed E-state index contributed by atoms with van der Waals surface area (Å²) in [4.78, 5) is 18.6. The van der Waals surface area contributed by atoms with Crippen LogP contribution in [0, 0.1) is 5.41 Å². The molecule has 0 N–H and O–H groups in total. The van der Waals surface area contributed by atoms with Crippen molar-refractivity contribution < 1.29 is 14.3 Å². The Balaban J connectivity index is 1.85. The molecule has 0 saturated heterocycles. The molecule has 1 heterocycles. The average Bonchev–Trinajstić information content (AvgIpc) is 3.34. The zero-order chi connectivity index (χ0) is 24.0. The van der Waals surface area contributed by atoms with Crippen LogP contribution in [0.1, 0.15) is 52.1 Å². The number of hydrogen-bond acceptors (Lipinski definition) is 5. The van der Waals surface area contributed by atoms with Crippen molar-refractivity contribution in [1.82, 2.24) is 14.5 Å². The van der Waals surface area contributed by atoms with Crippen molar-refractivity contribution in [1.29, 1.82) is 0 Å². The molecule has 3 rings (SSSR count). The monoisotopic (exact) mass is 451 g/mol. The van der Waals surface area contributed by atoms with E-state index in [1.807, 2.05) is 44.7 Å². The lowest BCUT2D eigenvalue weighted by Gasteiger charge is -2.33. The summed E-state index contributed by atoms with van der Waals surface area (Å²) < 4.78 is 13.0. The second kappa shape index (κ2) is 10.8. The van der Waals surface area contributed by atoms with Gasteiger partial charge in [0.1, 0.15) is 12.4 Å². The summed E-state index contributed by atoms with van der Waals surface area (Å²) in [5.41, 5.74) is 0.544. The van der Waals surface area contributed by atoms with Gasteiger partial charge in [0.15, 0.2) is 0 Å². The minimum Gasteiger partial charge on any atom is -0.492 e. The summed E-state index contributed by atoms with van der Waals surface area (Å²) in [6, 6.07) is 13.1. The molecule has 0 bridgehead atoms. The van der Waals surface area contributed by atoms with Gasteiger partial charge in [0.05, 0.1) is 24.9 Å². The number of fused-ring (bicyclic) bond motifs is 1. The van der Waals surface area contributed by atoms with E-state index in [0.717, 1.165) is 23.1 Å². The van der Waals surface area contributed by atoms with Crippen LogP contribution in [0.15, 0.2) is 55.1 Å². The molecule has 0 spiro atoms. The molecule has 0 aliphatic rings. The molecular formula is C27H37N3O3. The number of hydrogen-bond donors (Lipinski definition) is 0. The van der Waals surface area contributed by atoms with E-state index < -0.39 is 5.41 Å². The Morgan fingerprint density at radius 1 is 1.18 bits per heavy atom. The molecular weight excluding hydrogens is 414 g/mol. The van der Waals surface area contributed by atoms with Crippen LogP contribution in [-0.2, 0) is 9.53 Å². The second-order valence-corrected chi connectivity index (χ2v) is 9.46. The summed E-state index contributed by atoms with van der Waals surface area (Å²) >= 11 is 0. The maximum atomic E-state index is 11.9. The van der Waals surface area contributed by atoms with Crippen LogP contribution >= 0.6 is 0 Å². The predicted molar refractivity (Wildman–Crippen MR) is 133 cm³/mol. The SMILES string of the molecule is CCCCN(C)C(C)C(c1ccc2cc(OCC(C)(C)C(=O)OC)ccc2c1)n1ccnc1. The smallest absolute Gasteiger partial charge is 0.314 e. The number of ether oxygens (including phenoxy) is 2. The first kappa shape index (κ1) is 24.8. The molecule has 0 amide bonds. The quantitative estimate of drug-likeness (QED) is 0.369. The van der Waals surface area contributed by atoms with Gasteiger partial charge in [-0.3, -0.25) is 4.79 Å². The van der Waals surface area contributed by atoms with E-state index in [0.29, 0.717) is 6.04 Å². The van der Waals surface area contributed by atoms with Gasteiger partial charge in [-0.2, -0.15) is 0 Å². The van der Waals surface area contributed by atoms with Gasteiger partial charge in [-0.25, -0.2) is 4.98 Å². The van der Waals surface area contributed by atoms with Gasteiger partial charge >= 0.3 is 5.97 Å². The van der Waals surface area contributed by atoms with E-state index in [4.69, 9.17) is 9.47 Å². The van der Waals surface area contributed by atoms with Crippen LogP contribution < -0.4 is 4.74 Å². The summed E-state index contributed by atoms with van der Waals surface area (Å²) in [6.45, 7) is 9.48. The van der Waals surface area contributed by atoms with Crippen LogP contribution in [0.4, 0.5) is 0 Å². The van der Waals surface area contributed by atoms with Crippen LogP contribution in [-0.4, -0.2) is 53.8 Å². The van der Waals surface area contributed by atoms with Crippen molar-refractivity contribution in [3.63, 3.8) is 0 Å². The number of nitrogens with zero attached hydrogens (tertiary/aromatic N) is 3. The maximum Gasteiger partial charge on any atom is 0.314 e. The topological polar surface area (TPSA) is 56.6 Å². The summed E-state index contributed by atoms with van der Waals surface area (Å²) in [6.07, 6.45) is 8.15. The fourth-order valence-corrected chi connectivity index (χ4v) is 4.10. The van der Waals surface area contributed by atoms with Crippen LogP contribution in [0.2, 0.25) is 0 Å². The molecule has 6 nitrogen and oxygen atoms in total. The average molecular weight is 452 g/mol. The van der Waals surface area contributed by atoms with Crippen molar-refractivity contribution in [3.05, 3.63) is 60.7 Å². The number of imidazole rings is 1. The Bertz CT molecular complexity index is 1050. The molecule has 178 valence electrons. The van der Waals surface area contributed by atoms with Crippen molar-refractivity contribution in [2.45, 2.75) is 52.6 Å². The Morgan fingerprint density at radius 3 is 2.58 bits per heavy atom. The molecule has 2 aromatic carbocycles. The molecule has 2 unspecified atom stereocenters.